The van der Waals surface area contributed by atoms with Crippen LogP contribution in [0, 0.1) is 6.92 Å². The average molecular weight is 354 g/mol. The number of thiophene rings is 1. The Labute approximate surface area is 149 Å². The number of nitrogens with zero attached hydrogens (tertiary/aromatic N) is 2. The van der Waals surface area contributed by atoms with Crippen LogP contribution in [-0.2, 0) is 6.42 Å². The monoisotopic (exact) mass is 354 g/mol. The van der Waals surface area contributed by atoms with Gasteiger partial charge in [-0.15, -0.1) is 22.7 Å². The second-order valence-corrected chi connectivity index (χ2v) is 7.95. The quantitative estimate of drug-likeness (QED) is 0.653. The molecule has 1 atom stereocenters. The zero-order chi connectivity index (χ0) is 16.7. The van der Waals surface area contributed by atoms with Gasteiger partial charge < -0.3 is 4.90 Å². The molecular weight excluding hydrogens is 336 g/mol. The van der Waals surface area contributed by atoms with E-state index in [1.165, 1.54) is 10.4 Å². The lowest BCUT2D eigenvalue weighted by molar-refractivity contribution is 0.0679. The van der Waals surface area contributed by atoms with Crippen molar-refractivity contribution in [2.45, 2.75) is 26.3 Å². The smallest absolute Gasteiger partial charge is 0.254 e. The second kappa shape index (κ2) is 6.15. The summed E-state index contributed by atoms with van der Waals surface area (Å²) in [7, 11) is 0. The molecule has 24 heavy (non-hydrogen) atoms. The van der Waals surface area contributed by atoms with Crippen LogP contribution in [0.3, 0.4) is 0 Å². The Morgan fingerprint density at radius 3 is 2.71 bits per heavy atom. The highest BCUT2D eigenvalue weighted by Gasteiger charge is 2.28. The number of carbonyl (C=O) groups excluding carboxylic acids is 1. The minimum Gasteiger partial charge on any atom is -0.331 e. The van der Waals surface area contributed by atoms with Gasteiger partial charge in [-0.1, -0.05) is 12.1 Å². The molecule has 3 aromatic rings. The number of aryl methyl sites for hydroxylation is 1. The molecule has 0 saturated carbocycles. The van der Waals surface area contributed by atoms with Crippen molar-refractivity contribution in [1.29, 1.82) is 0 Å². The van der Waals surface area contributed by atoms with E-state index < -0.39 is 0 Å². The van der Waals surface area contributed by atoms with Gasteiger partial charge in [0.05, 0.1) is 6.04 Å². The Kier molecular flexibility index (Phi) is 3.98. The van der Waals surface area contributed by atoms with Crippen LogP contribution in [0.1, 0.15) is 39.5 Å². The standard InChI is InChI=1S/C19H18N2OS2/c1-12-11-24-18(20-12)14-3-5-15(6-4-14)19(22)21-9-7-17-16(13(21)2)8-10-23-17/h3-6,8,10-11,13H,7,9H2,1-2H3/t13-/m1/s1. The minimum absolute atomic E-state index is 0.112. The first kappa shape index (κ1) is 15.5. The number of amides is 1. The largest absolute Gasteiger partial charge is 0.331 e. The third-order valence-electron chi connectivity index (χ3n) is 4.54. The minimum atomic E-state index is 0.112. The van der Waals surface area contributed by atoms with Crippen LogP contribution in [0.25, 0.3) is 10.6 Å². The Morgan fingerprint density at radius 1 is 1.21 bits per heavy atom. The summed E-state index contributed by atoms with van der Waals surface area (Å²) in [5.41, 5.74) is 4.15. The molecule has 0 aliphatic carbocycles. The molecular formula is C19H18N2OS2. The maximum atomic E-state index is 12.9. The summed E-state index contributed by atoms with van der Waals surface area (Å²) in [5, 5.41) is 5.17. The normalized spacial score (nSPS) is 16.9. The molecule has 1 aromatic carbocycles. The van der Waals surface area contributed by atoms with Crippen LogP contribution in [0.4, 0.5) is 0 Å². The first-order valence-electron chi connectivity index (χ1n) is 8.03. The number of rotatable bonds is 2. The molecule has 3 nitrogen and oxygen atoms in total. The molecule has 1 amide bonds. The van der Waals surface area contributed by atoms with Gasteiger partial charge in [-0.05, 0) is 49.4 Å². The van der Waals surface area contributed by atoms with Crippen LogP contribution in [0.5, 0.6) is 0 Å². The predicted molar refractivity (Wildman–Crippen MR) is 99.8 cm³/mol. The van der Waals surface area contributed by atoms with Crippen molar-refractivity contribution >= 4 is 28.6 Å². The molecule has 0 radical (unpaired) electrons. The van der Waals surface area contributed by atoms with Gasteiger partial charge in [0.15, 0.2) is 0 Å². The van der Waals surface area contributed by atoms with Crippen LogP contribution in [0.2, 0.25) is 0 Å². The first-order chi connectivity index (χ1) is 11.6. The first-order valence-corrected chi connectivity index (χ1v) is 9.79. The van der Waals surface area contributed by atoms with E-state index in [4.69, 9.17) is 0 Å². The van der Waals surface area contributed by atoms with Crippen LogP contribution < -0.4 is 0 Å². The van der Waals surface area contributed by atoms with Gasteiger partial charge in [-0.3, -0.25) is 4.79 Å². The average Bonchev–Trinajstić information content (AvgIpc) is 3.24. The third kappa shape index (κ3) is 2.68. The maximum Gasteiger partial charge on any atom is 0.254 e. The molecule has 4 rings (SSSR count). The Morgan fingerprint density at radius 2 is 2.00 bits per heavy atom. The zero-order valence-corrected chi connectivity index (χ0v) is 15.3. The van der Waals surface area contributed by atoms with Gasteiger partial charge in [0.2, 0.25) is 0 Å². The molecule has 0 fully saturated rings. The summed E-state index contributed by atoms with van der Waals surface area (Å²) in [6.45, 7) is 4.91. The summed E-state index contributed by atoms with van der Waals surface area (Å²) in [5.74, 6) is 0.112. The number of aromatic nitrogens is 1. The molecule has 0 bridgehead atoms. The highest BCUT2D eigenvalue weighted by Crippen LogP contribution is 2.34. The van der Waals surface area contributed by atoms with Gasteiger partial charge in [-0.2, -0.15) is 0 Å². The van der Waals surface area contributed by atoms with Gasteiger partial charge >= 0.3 is 0 Å². The van der Waals surface area contributed by atoms with E-state index in [1.807, 2.05) is 41.5 Å². The van der Waals surface area contributed by atoms with Gasteiger partial charge in [0, 0.05) is 33.6 Å². The van der Waals surface area contributed by atoms with Gasteiger partial charge in [-0.25, -0.2) is 4.98 Å². The molecule has 122 valence electrons. The fraction of sp³-hybridized carbons (Fsp3) is 0.263. The Hall–Kier alpha value is -1.98. The molecule has 1 aliphatic heterocycles. The van der Waals surface area contributed by atoms with Crippen molar-refractivity contribution in [3.8, 4) is 10.6 Å². The van der Waals surface area contributed by atoms with E-state index in [2.05, 4.69) is 23.4 Å². The molecule has 5 heteroatoms. The molecule has 0 spiro atoms. The van der Waals surface area contributed by atoms with E-state index in [9.17, 15) is 4.79 Å². The molecule has 0 saturated heterocycles. The van der Waals surface area contributed by atoms with Crippen molar-refractivity contribution < 1.29 is 4.79 Å². The third-order valence-corrected chi connectivity index (χ3v) is 6.54. The van der Waals surface area contributed by atoms with Crippen LogP contribution >= 0.6 is 22.7 Å². The molecule has 2 aromatic heterocycles. The topological polar surface area (TPSA) is 33.2 Å². The van der Waals surface area contributed by atoms with Crippen LogP contribution in [0.15, 0.2) is 41.1 Å². The van der Waals surface area contributed by atoms with Gasteiger partial charge in [0.1, 0.15) is 5.01 Å². The van der Waals surface area contributed by atoms with E-state index >= 15 is 0 Å². The summed E-state index contributed by atoms with van der Waals surface area (Å²) in [6.07, 6.45) is 0.958. The molecule has 3 heterocycles. The number of benzene rings is 1. The second-order valence-electron chi connectivity index (χ2n) is 6.10. The number of carbonyl (C=O) groups is 1. The lowest BCUT2D eigenvalue weighted by Crippen LogP contribution is -2.38. The molecule has 0 N–H and O–H groups in total. The van der Waals surface area contributed by atoms with Crippen molar-refractivity contribution in [3.05, 3.63) is 62.8 Å². The maximum absolute atomic E-state index is 12.9. The number of hydrogen-bond acceptors (Lipinski definition) is 4. The number of hydrogen-bond donors (Lipinski definition) is 0. The van der Waals surface area contributed by atoms with Crippen molar-refractivity contribution in [2.75, 3.05) is 6.54 Å². The summed E-state index contributed by atoms with van der Waals surface area (Å²) >= 11 is 3.43. The zero-order valence-electron chi connectivity index (χ0n) is 13.7. The van der Waals surface area contributed by atoms with Crippen LogP contribution in [-0.4, -0.2) is 22.3 Å². The number of fused-ring (bicyclic) bond motifs is 1. The van der Waals surface area contributed by atoms with Crippen molar-refractivity contribution in [1.82, 2.24) is 9.88 Å². The highest BCUT2D eigenvalue weighted by molar-refractivity contribution is 7.13. The fourth-order valence-corrected chi connectivity index (χ4v) is 4.96. The summed E-state index contributed by atoms with van der Waals surface area (Å²) in [6, 6.07) is 10.1. The van der Waals surface area contributed by atoms with E-state index in [1.54, 1.807) is 22.7 Å². The van der Waals surface area contributed by atoms with Gasteiger partial charge in [0.25, 0.3) is 5.91 Å². The highest BCUT2D eigenvalue weighted by atomic mass is 32.1. The Bertz CT molecular complexity index is 879. The van der Waals surface area contributed by atoms with E-state index in [0.29, 0.717) is 0 Å². The Balaban J connectivity index is 1.57. The number of thiazole rings is 1. The SMILES string of the molecule is Cc1csc(-c2ccc(C(=O)N3CCc4sccc4[C@H]3C)cc2)n1. The lowest BCUT2D eigenvalue weighted by Gasteiger charge is -2.33. The lowest BCUT2D eigenvalue weighted by atomic mass is 10.00. The van der Waals surface area contributed by atoms with Crippen molar-refractivity contribution in [2.24, 2.45) is 0 Å². The van der Waals surface area contributed by atoms with E-state index in [0.717, 1.165) is 34.8 Å². The van der Waals surface area contributed by atoms with E-state index in [-0.39, 0.29) is 11.9 Å². The summed E-state index contributed by atoms with van der Waals surface area (Å²) in [4.78, 5) is 20.8. The molecule has 1 aliphatic rings. The predicted octanol–water partition coefficient (Wildman–Crippen LogP) is 4.94. The molecule has 0 unspecified atom stereocenters. The fourth-order valence-electron chi connectivity index (χ4n) is 3.19. The summed E-state index contributed by atoms with van der Waals surface area (Å²) < 4.78 is 0. The van der Waals surface area contributed by atoms with Crippen molar-refractivity contribution in [3.63, 3.8) is 0 Å².